The molecule has 41 valence electrons. The van der Waals surface area contributed by atoms with Crippen molar-refractivity contribution in [1.29, 1.82) is 0 Å². The van der Waals surface area contributed by atoms with Gasteiger partial charge in [0, 0.05) is 5.03 Å². The van der Waals surface area contributed by atoms with Crippen LogP contribution in [0.3, 0.4) is 0 Å². The van der Waals surface area contributed by atoms with Crippen molar-refractivity contribution >= 4 is 11.6 Å². The lowest BCUT2D eigenvalue weighted by Crippen LogP contribution is -1.61. The Kier molecular flexibility index (Phi) is 4.21. The fraction of sp³-hybridized carbons (Fsp3) is 0.500. The maximum atomic E-state index is 5.49. The van der Waals surface area contributed by atoms with E-state index in [0.29, 0.717) is 0 Å². The lowest BCUT2D eigenvalue weighted by molar-refractivity contribution is 1.04. The maximum Gasteiger partial charge on any atom is 0.0110 e. The van der Waals surface area contributed by atoms with Crippen LogP contribution in [0.25, 0.3) is 0 Å². The molecule has 0 aromatic heterocycles. The zero-order valence-corrected chi connectivity index (χ0v) is 5.33. The van der Waals surface area contributed by atoms with Crippen molar-refractivity contribution in [2.75, 3.05) is 0 Å². The van der Waals surface area contributed by atoms with E-state index in [0.717, 1.165) is 17.9 Å². The third-order valence-electron chi connectivity index (χ3n) is 0.630. The normalized spacial score (nSPS) is 12.1. The molecule has 0 heterocycles. The predicted octanol–water partition coefficient (Wildman–Crippen LogP) is 2.74. The highest BCUT2D eigenvalue weighted by molar-refractivity contribution is 6.29. The molecule has 0 rings (SSSR count). The van der Waals surface area contributed by atoms with Gasteiger partial charge < -0.3 is 0 Å². The predicted molar refractivity (Wildman–Crippen MR) is 34.2 cm³/mol. The van der Waals surface area contributed by atoms with E-state index in [1.807, 2.05) is 13.0 Å². The number of allylic oxidation sites excluding steroid dienone is 2. The zero-order chi connectivity index (χ0) is 5.70. The number of halogens is 1. The summed E-state index contributed by atoms with van der Waals surface area (Å²) in [6, 6.07) is 0. The lowest BCUT2D eigenvalue weighted by atomic mass is 10.3. The van der Waals surface area contributed by atoms with E-state index >= 15 is 0 Å². The Bertz CT molecular complexity index is 60.6. The van der Waals surface area contributed by atoms with Crippen LogP contribution in [0, 0.1) is 6.92 Å². The Balaban J connectivity index is 3.08. The van der Waals surface area contributed by atoms with Crippen molar-refractivity contribution in [1.82, 2.24) is 0 Å². The number of hydrogen-bond donors (Lipinski definition) is 0. The minimum atomic E-state index is 0.864. The highest BCUT2D eigenvalue weighted by Gasteiger charge is 1.75. The molecule has 0 saturated heterocycles. The van der Waals surface area contributed by atoms with E-state index in [9.17, 15) is 0 Å². The van der Waals surface area contributed by atoms with E-state index in [4.69, 9.17) is 11.6 Å². The lowest BCUT2D eigenvalue weighted by Gasteiger charge is -1.82. The molecule has 0 aliphatic carbocycles. The van der Waals surface area contributed by atoms with Crippen molar-refractivity contribution in [3.05, 3.63) is 18.0 Å². The van der Waals surface area contributed by atoms with Crippen molar-refractivity contribution in [3.8, 4) is 0 Å². The average molecular weight is 118 g/mol. The van der Waals surface area contributed by atoms with E-state index in [-0.39, 0.29) is 0 Å². The summed E-state index contributed by atoms with van der Waals surface area (Å²) in [6.07, 6.45) is 3.90. The standard InChI is InChI=1S/C6H10Cl/c1-3-4-5-6(2)7/h5H,1,3-4H2,2H3. The van der Waals surface area contributed by atoms with E-state index < -0.39 is 0 Å². The molecule has 0 aliphatic rings. The molecule has 0 bridgehead atoms. The molecule has 0 aromatic rings. The topological polar surface area (TPSA) is 0 Å². The monoisotopic (exact) mass is 117 g/mol. The summed E-state index contributed by atoms with van der Waals surface area (Å²) < 4.78 is 0. The van der Waals surface area contributed by atoms with Crippen LogP contribution in [0.1, 0.15) is 19.8 Å². The smallest absolute Gasteiger partial charge is 0.0110 e. The van der Waals surface area contributed by atoms with Crippen molar-refractivity contribution in [2.45, 2.75) is 19.8 Å². The van der Waals surface area contributed by atoms with Gasteiger partial charge in [0.25, 0.3) is 0 Å². The summed E-state index contributed by atoms with van der Waals surface area (Å²) in [5.41, 5.74) is 0. The third-order valence-corrected chi connectivity index (χ3v) is 0.784. The van der Waals surface area contributed by atoms with Crippen LogP contribution in [0.15, 0.2) is 11.1 Å². The van der Waals surface area contributed by atoms with Crippen LogP contribution in [0.2, 0.25) is 0 Å². The van der Waals surface area contributed by atoms with Gasteiger partial charge in [-0.3, -0.25) is 0 Å². The van der Waals surface area contributed by atoms with Crippen molar-refractivity contribution < 1.29 is 0 Å². The molecule has 0 saturated carbocycles. The summed E-state index contributed by atoms with van der Waals surface area (Å²) in [7, 11) is 0. The van der Waals surface area contributed by atoms with E-state index in [2.05, 4.69) is 6.92 Å². The highest BCUT2D eigenvalue weighted by atomic mass is 35.5. The van der Waals surface area contributed by atoms with Gasteiger partial charge in [0.15, 0.2) is 0 Å². The van der Waals surface area contributed by atoms with Gasteiger partial charge in [0.05, 0.1) is 0 Å². The summed E-state index contributed by atoms with van der Waals surface area (Å²) >= 11 is 5.49. The summed E-state index contributed by atoms with van der Waals surface area (Å²) in [6.45, 7) is 5.53. The van der Waals surface area contributed by atoms with Crippen molar-refractivity contribution in [2.24, 2.45) is 0 Å². The molecule has 0 unspecified atom stereocenters. The van der Waals surface area contributed by atoms with Gasteiger partial charge in [-0.05, 0) is 19.8 Å². The average Bonchev–Trinajstić information content (AvgIpc) is 1.61. The first-order valence-electron chi connectivity index (χ1n) is 2.39. The van der Waals surface area contributed by atoms with E-state index in [1.165, 1.54) is 0 Å². The fourth-order valence-electron chi connectivity index (χ4n) is 0.301. The number of unbranched alkanes of at least 4 members (excludes halogenated alkanes) is 1. The first-order valence-corrected chi connectivity index (χ1v) is 2.76. The van der Waals surface area contributed by atoms with Gasteiger partial charge in [-0.25, -0.2) is 0 Å². The summed E-state index contributed by atoms with van der Waals surface area (Å²) in [4.78, 5) is 0. The van der Waals surface area contributed by atoms with Gasteiger partial charge >= 0.3 is 0 Å². The molecule has 0 fully saturated rings. The molecule has 0 aromatic carbocycles. The second-order valence-corrected chi connectivity index (χ2v) is 2.03. The molecule has 0 amide bonds. The Labute approximate surface area is 50.2 Å². The van der Waals surface area contributed by atoms with Crippen LogP contribution >= 0.6 is 11.6 Å². The van der Waals surface area contributed by atoms with Crippen LogP contribution < -0.4 is 0 Å². The molecule has 0 nitrogen and oxygen atoms in total. The summed E-state index contributed by atoms with van der Waals surface area (Å²) in [5, 5.41) is 0.864. The van der Waals surface area contributed by atoms with Crippen LogP contribution in [-0.4, -0.2) is 0 Å². The molecule has 0 spiro atoms. The minimum Gasteiger partial charge on any atom is -0.0898 e. The molecule has 0 N–H and O–H groups in total. The molecule has 1 heteroatoms. The largest absolute Gasteiger partial charge is 0.0898 e. The van der Waals surface area contributed by atoms with Gasteiger partial charge in [0.1, 0.15) is 0 Å². The quantitative estimate of drug-likeness (QED) is 0.522. The van der Waals surface area contributed by atoms with Gasteiger partial charge in [-0.15, -0.1) is 0 Å². The Morgan fingerprint density at radius 2 is 2.43 bits per heavy atom. The molecule has 7 heavy (non-hydrogen) atoms. The molecular weight excluding hydrogens is 108 g/mol. The van der Waals surface area contributed by atoms with Gasteiger partial charge in [0.2, 0.25) is 0 Å². The SMILES string of the molecule is [CH2]CCC=C(C)Cl. The van der Waals surface area contributed by atoms with Gasteiger partial charge in [-0.1, -0.05) is 24.6 Å². The fourth-order valence-corrected chi connectivity index (χ4v) is 0.410. The molecular formula is C6H10Cl. The maximum absolute atomic E-state index is 5.49. The minimum absolute atomic E-state index is 0.864. The third kappa shape index (κ3) is 6.03. The van der Waals surface area contributed by atoms with Crippen LogP contribution in [-0.2, 0) is 0 Å². The Hall–Kier alpha value is 0.0300. The zero-order valence-electron chi connectivity index (χ0n) is 4.58. The molecule has 0 aliphatic heterocycles. The Morgan fingerprint density at radius 3 is 2.57 bits per heavy atom. The second-order valence-electron chi connectivity index (χ2n) is 1.43. The molecule has 0 atom stereocenters. The first-order chi connectivity index (χ1) is 3.27. The summed E-state index contributed by atoms with van der Waals surface area (Å²) in [5.74, 6) is 0. The molecule has 1 radical (unpaired) electrons. The van der Waals surface area contributed by atoms with Crippen molar-refractivity contribution in [3.63, 3.8) is 0 Å². The first kappa shape index (κ1) is 7.03. The number of hydrogen-bond acceptors (Lipinski definition) is 0. The Morgan fingerprint density at radius 1 is 1.86 bits per heavy atom. The second kappa shape index (κ2) is 4.20. The van der Waals surface area contributed by atoms with E-state index in [1.54, 1.807) is 0 Å². The van der Waals surface area contributed by atoms with Gasteiger partial charge in [-0.2, -0.15) is 0 Å². The van der Waals surface area contributed by atoms with Crippen LogP contribution in [0.4, 0.5) is 0 Å². The number of rotatable bonds is 2. The highest BCUT2D eigenvalue weighted by Crippen LogP contribution is 2.00. The van der Waals surface area contributed by atoms with Crippen LogP contribution in [0.5, 0.6) is 0 Å².